The van der Waals surface area contributed by atoms with Crippen molar-refractivity contribution in [2.45, 2.75) is 30.1 Å². The smallest absolute Gasteiger partial charge is 0.0878 e. The summed E-state index contributed by atoms with van der Waals surface area (Å²) in [6.45, 7) is 0.518. The highest BCUT2D eigenvalue weighted by molar-refractivity contribution is 5.32. The van der Waals surface area contributed by atoms with Crippen LogP contribution in [0.3, 0.4) is 0 Å². The van der Waals surface area contributed by atoms with Crippen LogP contribution in [0.2, 0.25) is 0 Å². The van der Waals surface area contributed by atoms with Crippen molar-refractivity contribution in [1.29, 1.82) is 0 Å². The van der Waals surface area contributed by atoms with Crippen LogP contribution in [0.25, 0.3) is 0 Å². The Kier molecular flexibility index (Phi) is 6.06. The SMILES string of the molecule is OCCN1CCC(O)C1(CO)[C@@H](c1ccccc1)[C@H](O)c1ccccc1. The number of hydrogen-bond acceptors (Lipinski definition) is 5. The summed E-state index contributed by atoms with van der Waals surface area (Å²) in [6, 6.07) is 18.8. The van der Waals surface area contributed by atoms with Gasteiger partial charge in [-0.05, 0) is 17.5 Å². The van der Waals surface area contributed by atoms with E-state index in [1.165, 1.54) is 0 Å². The molecule has 2 aromatic carbocycles. The molecule has 2 unspecified atom stereocenters. The fourth-order valence-corrected chi connectivity index (χ4v) is 4.34. The molecule has 1 aliphatic rings. The summed E-state index contributed by atoms with van der Waals surface area (Å²) in [5.74, 6) is -0.542. The summed E-state index contributed by atoms with van der Waals surface area (Å²) in [4.78, 5) is 1.92. The molecule has 0 aliphatic carbocycles. The maximum Gasteiger partial charge on any atom is 0.0878 e. The van der Waals surface area contributed by atoms with Crippen molar-refractivity contribution >= 4 is 0 Å². The molecule has 0 aromatic heterocycles. The Bertz CT molecular complexity index is 679. The zero-order chi connectivity index (χ0) is 18.6. The summed E-state index contributed by atoms with van der Waals surface area (Å²) in [7, 11) is 0. The molecule has 1 fully saturated rings. The first-order valence-corrected chi connectivity index (χ1v) is 9.08. The lowest BCUT2D eigenvalue weighted by molar-refractivity contribution is -0.0676. The monoisotopic (exact) mass is 357 g/mol. The molecule has 2 aromatic rings. The highest BCUT2D eigenvalue weighted by Gasteiger charge is 2.55. The van der Waals surface area contributed by atoms with Crippen LogP contribution in [0.5, 0.6) is 0 Å². The third-order valence-corrected chi connectivity index (χ3v) is 5.62. The molecule has 1 aliphatic heterocycles. The molecule has 0 spiro atoms. The van der Waals surface area contributed by atoms with Crippen molar-refractivity contribution in [3.8, 4) is 0 Å². The molecular formula is C21H27NO4. The van der Waals surface area contributed by atoms with Crippen LogP contribution in [0.15, 0.2) is 60.7 Å². The van der Waals surface area contributed by atoms with Gasteiger partial charge in [-0.1, -0.05) is 60.7 Å². The topological polar surface area (TPSA) is 84.2 Å². The molecule has 140 valence electrons. The van der Waals surface area contributed by atoms with E-state index in [0.29, 0.717) is 19.5 Å². The molecule has 26 heavy (non-hydrogen) atoms. The van der Waals surface area contributed by atoms with Gasteiger partial charge >= 0.3 is 0 Å². The predicted molar refractivity (Wildman–Crippen MR) is 99.7 cm³/mol. The van der Waals surface area contributed by atoms with E-state index in [-0.39, 0.29) is 13.2 Å². The fourth-order valence-electron chi connectivity index (χ4n) is 4.34. The Hall–Kier alpha value is -1.76. The molecule has 0 bridgehead atoms. The zero-order valence-corrected chi connectivity index (χ0v) is 14.8. The van der Waals surface area contributed by atoms with Crippen molar-refractivity contribution in [3.63, 3.8) is 0 Å². The summed E-state index contributed by atoms with van der Waals surface area (Å²) >= 11 is 0. The van der Waals surface area contributed by atoms with Crippen molar-refractivity contribution in [2.24, 2.45) is 0 Å². The van der Waals surface area contributed by atoms with Crippen LogP contribution in [0.1, 0.15) is 29.6 Å². The first kappa shape index (κ1) is 19.0. The number of aliphatic hydroxyl groups excluding tert-OH is 4. The van der Waals surface area contributed by atoms with E-state index in [9.17, 15) is 20.4 Å². The van der Waals surface area contributed by atoms with Gasteiger partial charge in [0.25, 0.3) is 0 Å². The van der Waals surface area contributed by atoms with Crippen molar-refractivity contribution in [3.05, 3.63) is 71.8 Å². The molecule has 1 heterocycles. The van der Waals surface area contributed by atoms with Crippen LogP contribution in [0, 0.1) is 0 Å². The van der Waals surface area contributed by atoms with E-state index in [1.54, 1.807) is 0 Å². The van der Waals surface area contributed by atoms with Crippen LogP contribution >= 0.6 is 0 Å². The molecule has 0 amide bonds. The van der Waals surface area contributed by atoms with E-state index in [0.717, 1.165) is 11.1 Å². The molecule has 5 nitrogen and oxygen atoms in total. The van der Waals surface area contributed by atoms with E-state index in [2.05, 4.69) is 0 Å². The van der Waals surface area contributed by atoms with Crippen molar-refractivity contribution < 1.29 is 20.4 Å². The zero-order valence-electron chi connectivity index (χ0n) is 14.8. The van der Waals surface area contributed by atoms with E-state index < -0.39 is 23.7 Å². The van der Waals surface area contributed by atoms with Gasteiger partial charge in [-0.25, -0.2) is 0 Å². The largest absolute Gasteiger partial charge is 0.395 e. The average Bonchev–Trinajstić information content (AvgIpc) is 3.00. The standard InChI is InChI=1S/C21H27NO4/c23-14-13-22-12-11-18(25)21(22,15-24)19(16-7-3-1-4-8-16)20(26)17-9-5-2-6-10-17/h1-10,18-20,23-26H,11-15H2/t18?,19-,20+,21?/m0/s1. The number of β-amino-alcohol motifs (C(OH)–C–C–N with tert-alkyl or cyclic N) is 1. The summed E-state index contributed by atoms with van der Waals surface area (Å²) < 4.78 is 0. The third-order valence-electron chi connectivity index (χ3n) is 5.62. The Morgan fingerprint density at radius 2 is 1.54 bits per heavy atom. The van der Waals surface area contributed by atoms with E-state index >= 15 is 0 Å². The van der Waals surface area contributed by atoms with Gasteiger partial charge in [-0.3, -0.25) is 4.90 Å². The maximum atomic E-state index is 11.3. The minimum atomic E-state index is -1.06. The second-order valence-corrected chi connectivity index (χ2v) is 6.91. The van der Waals surface area contributed by atoms with Gasteiger partial charge in [0.2, 0.25) is 0 Å². The van der Waals surface area contributed by atoms with E-state index in [1.807, 2.05) is 65.6 Å². The number of aliphatic hydroxyl groups is 4. The van der Waals surface area contributed by atoms with Crippen LogP contribution in [-0.2, 0) is 0 Å². The van der Waals surface area contributed by atoms with Crippen LogP contribution < -0.4 is 0 Å². The quantitative estimate of drug-likeness (QED) is 0.600. The van der Waals surface area contributed by atoms with Gasteiger partial charge in [0.1, 0.15) is 0 Å². The van der Waals surface area contributed by atoms with Crippen LogP contribution in [-0.4, -0.2) is 63.3 Å². The van der Waals surface area contributed by atoms with Crippen molar-refractivity contribution in [2.75, 3.05) is 26.3 Å². The van der Waals surface area contributed by atoms with E-state index in [4.69, 9.17) is 0 Å². The van der Waals surface area contributed by atoms with Gasteiger partial charge < -0.3 is 20.4 Å². The summed E-state index contributed by atoms with van der Waals surface area (Å²) in [5.41, 5.74) is 0.526. The molecule has 4 N–H and O–H groups in total. The average molecular weight is 357 g/mol. The molecule has 0 saturated carbocycles. The first-order chi connectivity index (χ1) is 12.6. The lowest BCUT2D eigenvalue weighted by Gasteiger charge is -2.47. The molecule has 4 atom stereocenters. The minimum absolute atomic E-state index is 0.0720. The first-order valence-electron chi connectivity index (χ1n) is 9.08. The second-order valence-electron chi connectivity index (χ2n) is 6.91. The Labute approximate surface area is 154 Å². The van der Waals surface area contributed by atoms with Crippen molar-refractivity contribution in [1.82, 2.24) is 4.90 Å². The summed E-state index contributed by atoms with van der Waals surface area (Å²) in [6.07, 6.45) is -1.21. The number of likely N-dealkylation sites (tertiary alicyclic amines) is 1. The number of benzene rings is 2. The second kappa shape index (κ2) is 8.29. The molecule has 1 saturated heterocycles. The van der Waals surface area contributed by atoms with Gasteiger partial charge in [0.05, 0.1) is 31.0 Å². The normalized spacial score (nSPS) is 25.9. The van der Waals surface area contributed by atoms with Gasteiger partial charge in [-0.15, -0.1) is 0 Å². The molecular weight excluding hydrogens is 330 g/mol. The fraction of sp³-hybridized carbons (Fsp3) is 0.429. The van der Waals surface area contributed by atoms with Crippen LogP contribution in [0.4, 0.5) is 0 Å². The third kappa shape index (κ3) is 3.29. The van der Waals surface area contributed by atoms with Gasteiger partial charge in [0, 0.05) is 19.0 Å². The Balaban J connectivity index is 2.12. The highest BCUT2D eigenvalue weighted by Crippen LogP contribution is 2.47. The minimum Gasteiger partial charge on any atom is -0.395 e. The molecule has 5 heteroatoms. The predicted octanol–water partition coefficient (Wildman–Crippen LogP) is 1.29. The molecule has 3 rings (SSSR count). The lowest BCUT2D eigenvalue weighted by Crippen LogP contribution is -2.59. The summed E-state index contributed by atoms with van der Waals surface area (Å²) in [5, 5.41) is 42.1. The number of hydrogen-bond donors (Lipinski definition) is 4. The Morgan fingerprint density at radius 1 is 0.962 bits per heavy atom. The lowest BCUT2D eigenvalue weighted by atomic mass is 9.71. The Morgan fingerprint density at radius 3 is 2.08 bits per heavy atom. The number of nitrogens with zero attached hydrogens (tertiary/aromatic N) is 1. The highest BCUT2D eigenvalue weighted by atomic mass is 16.3. The maximum absolute atomic E-state index is 11.3. The number of rotatable bonds is 7. The van der Waals surface area contributed by atoms with Gasteiger partial charge in [0.15, 0.2) is 0 Å². The van der Waals surface area contributed by atoms with Gasteiger partial charge in [-0.2, -0.15) is 0 Å². The molecule has 0 radical (unpaired) electrons.